The van der Waals surface area contributed by atoms with Crippen molar-refractivity contribution in [2.75, 3.05) is 0 Å². The third kappa shape index (κ3) is 3.34. The van der Waals surface area contributed by atoms with Crippen LogP contribution in [0.5, 0.6) is 0 Å². The van der Waals surface area contributed by atoms with Crippen LogP contribution in [0, 0.1) is 17.5 Å². The molecule has 2 rings (SSSR count). The summed E-state index contributed by atoms with van der Waals surface area (Å²) < 4.78 is 43.7. The molecule has 0 unspecified atom stereocenters. The summed E-state index contributed by atoms with van der Waals surface area (Å²) in [4.78, 5) is 11.6. The van der Waals surface area contributed by atoms with Gasteiger partial charge in [-0.25, -0.2) is 18.0 Å². The monoisotopic (exact) mass is 266 g/mol. The second kappa shape index (κ2) is 5.56. The van der Waals surface area contributed by atoms with E-state index in [0.717, 1.165) is 18.2 Å². The van der Waals surface area contributed by atoms with Crippen molar-refractivity contribution in [2.24, 2.45) is 0 Å². The number of hydrogen-bond donors (Lipinski definition) is 0. The van der Waals surface area contributed by atoms with Gasteiger partial charge in [-0.2, -0.15) is 0 Å². The van der Waals surface area contributed by atoms with Crippen LogP contribution in [0.4, 0.5) is 13.2 Å². The van der Waals surface area contributed by atoms with E-state index in [4.69, 9.17) is 4.74 Å². The topological polar surface area (TPSA) is 26.3 Å². The SMILES string of the molecule is O=C(OCc1ccc(F)cc1)c1cc(F)ccc1F. The second-order valence-corrected chi connectivity index (χ2v) is 3.83. The molecule has 0 aromatic heterocycles. The first-order valence-corrected chi connectivity index (χ1v) is 5.43. The summed E-state index contributed by atoms with van der Waals surface area (Å²) in [6.45, 7) is -0.144. The Balaban J connectivity index is 2.05. The molecule has 0 spiro atoms. The van der Waals surface area contributed by atoms with Gasteiger partial charge >= 0.3 is 5.97 Å². The number of carbonyl (C=O) groups excluding carboxylic acids is 1. The Bertz CT molecular complexity index is 594. The van der Waals surface area contributed by atoms with Crippen LogP contribution < -0.4 is 0 Å². The van der Waals surface area contributed by atoms with Crippen LogP contribution in [-0.2, 0) is 11.3 Å². The van der Waals surface area contributed by atoms with E-state index in [1.165, 1.54) is 24.3 Å². The molecule has 0 aliphatic carbocycles. The van der Waals surface area contributed by atoms with Gasteiger partial charge in [0.05, 0.1) is 5.56 Å². The van der Waals surface area contributed by atoms with E-state index in [1.807, 2.05) is 0 Å². The van der Waals surface area contributed by atoms with Crippen molar-refractivity contribution in [1.29, 1.82) is 0 Å². The van der Waals surface area contributed by atoms with Gasteiger partial charge in [-0.15, -0.1) is 0 Å². The summed E-state index contributed by atoms with van der Waals surface area (Å²) in [6.07, 6.45) is 0. The molecule has 0 saturated heterocycles. The molecule has 19 heavy (non-hydrogen) atoms. The minimum Gasteiger partial charge on any atom is -0.457 e. The van der Waals surface area contributed by atoms with Crippen molar-refractivity contribution >= 4 is 5.97 Å². The van der Waals surface area contributed by atoms with E-state index in [9.17, 15) is 18.0 Å². The van der Waals surface area contributed by atoms with Crippen LogP contribution in [0.2, 0.25) is 0 Å². The van der Waals surface area contributed by atoms with E-state index in [2.05, 4.69) is 0 Å². The van der Waals surface area contributed by atoms with Gasteiger partial charge in [0.1, 0.15) is 24.1 Å². The summed E-state index contributed by atoms with van der Waals surface area (Å²) in [5.41, 5.74) is 0.0775. The number of ether oxygens (including phenoxy) is 1. The third-order valence-electron chi connectivity index (χ3n) is 2.43. The zero-order chi connectivity index (χ0) is 13.8. The molecular weight excluding hydrogens is 257 g/mol. The molecule has 0 fully saturated rings. The molecule has 0 amide bonds. The van der Waals surface area contributed by atoms with Crippen molar-refractivity contribution in [1.82, 2.24) is 0 Å². The molecule has 0 heterocycles. The maximum atomic E-state index is 13.3. The molecule has 2 aromatic rings. The van der Waals surface area contributed by atoms with Crippen molar-refractivity contribution in [2.45, 2.75) is 6.61 Å². The third-order valence-corrected chi connectivity index (χ3v) is 2.43. The average Bonchev–Trinajstić information content (AvgIpc) is 2.40. The van der Waals surface area contributed by atoms with Gasteiger partial charge in [-0.05, 0) is 35.9 Å². The van der Waals surface area contributed by atoms with Gasteiger partial charge in [0.15, 0.2) is 0 Å². The van der Waals surface area contributed by atoms with Crippen molar-refractivity contribution < 1.29 is 22.7 Å². The second-order valence-electron chi connectivity index (χ2n) is 3.83. The molecule has 0 saturated carbocycles. The first kappa shape index (κ1) is 13.1. The Kier molecular flexibility index (Phi) is 3.85. The van der Waals surface area contributed by atoms with Crippen LogP contribution in [0.3, 0.4) is 0 Å². The van der Waals surface area contributed by atoms with Gasteiger partial charge < -0.3 is 4.74 Å². The first-order chi connectivity index (χ1) is 9.06. The largest absolute Gasteiger partial charge is 0.457 e. The predicted octanol–water partition coefficient (Wildman–Crippen LogP) is 3.46. The highest BCUT2D eigenvalue weighted by Gasteiger charge is 2.14. The summed E-state index contributed by atoms with van der Waals surface area (Å²) >= 11 is 0. The molecule has 5 heteroatoms. The Morgan fingerprint density at radius 3 is 2.26 bits per heavy atom. The maximum absolute atomic E-state index is 13.3. The lowest BCUT2D eigenvalue weighted by Gasteiger charge is -2.06. The van der Waals surface area contributed by atoms with Gasteiger partial charge in [0, 0.05) is 0 Å². The van der Waals surface area contributed by atoms with E-state index in [1.54, 1.807) is 0 Å². The Morgan fingerprint density at radius 1 is 0.947 bits per heavy atom. The highest BCUT2D eigenvalue weighted by Crippen LogP contribution is 2.12. The van der Waals surface area contributed by atoms with Gasteiger partial charge in [-0.1, -0.05) is 12.1 Å². The summed E-state index contributed by atoms with van der Waals surface area (Å²) in [7, 11) is 0. The lowest BCUT2D eigenvalue weighted by atomic mass is 10.2. The Hall–Kier alpha value is -2.30. The molecule has 0 aliphatic rings. The van der Waals surface area contributed by atoms with Crippen LogP contribution in [0.1, 0.15) is 15.9 Å². The average molecular weight is 266 g/mol. The van der Waals surface area contributed by atoms with Crippen molar-refractivity contribution in [3.05, 3.63) is 71.0 Å². The van der Waals surface area contributed by atoms with Crippen LogP contribution in [0.25, 0.3) is 0 Å². The smallest absolute Gasteiger partial charge is 0.341 e. The van der Waals surface area contributed by atoms with Crippen LogP contribution in [0.15, 0.2) is 42.5 Å². The fraction of sp³-hybridized carbons (Fsp3) is 0.0714. The molecule has 0 atom stereocenters. The molecule has 2 aromatic carbocycles. The van der Waals surface area contributed by atoms with E-state index in [-0.39, 0.29) is 6.61 Å². The van der Waals surface area contributed by atoms with Gasteiger partial charge in [0.2, 0.25) is 0 Å². The van der Waals surface area contributed by atoms with Crippen molar-refractivity contribution in [3.8, 4) is 0 Å². The molecule has 0 aliphatic heterocycles. The number of benzene rings is 2. The number of rotatable bonds is 3. The fourth-order valence-electron chi connectivity index (χ4n) is 1.46. The zero-order valence-corrected chi connectivity index (χ0v) is 9.70. The summed E-state index contributed by atoms with van der Waals surface area (Å²) in [6, 6.07) is 7.82. The first-order valence-electron chi connectivity index (χ1n) is 5.43. The molecule has 98 valence electrons. The van der Waals surface area contributed by atoms with Gasteiger partial charge in [-0.3, -0.25) is 0 Å². The highest BCUT2D eigenvalue weighted by molar-refractivity contribution is 5.89. The maximum Gasteiger partial charge on any atom is 0.341 e. The lowest BCUT2D eigenvalue weighted by molar-refractivity contribution is 0.0466. The van der Waals surface area contributed by atoms with E-state index < -0.39 is 29.0 Å². The standard InChI is InChI=1S/C14H9F3O2/c15-10-3-1-9(2-4-10)8-19-14(18)12-7-11(16)5-6-13(12)17/h1-7H,8H2. The Labute approximate surface area is 107 Å². The summed E-state index contributed by atoms with van der Waals surface area (Å²) in [5.74, 6) is -2.96. The Morgan fingerprint density at radius 2 is 1.58 bits per heavy atom. The van der Waals surface area contributed by atoms with Crippen LogP contribution in [-0.4, -0.2) is 5.97 Å². The lowest BCUT2D eigenvalue weighted by Crippen LogP contribution is -2.08. The molecule has 0 radical (unpaired) electrons. The minimum atomic E-state index is -0.971. The van der Waals surface area contributed by atoms with E-state index in [0.29, 0.717) is 5.56 Å². The minimum absolute atomic E-state index is 0.144. The number of halogens is 3. The molecule has 2 nitrogen and oxygen atoms in total. The predicted molar refractivity (Wildman–Crippen MR) is 61.9 cm³/mol. The summed E-state index contributed by atoms with van der Waals surface area (Å²) in [5, 5.41) is 0. The number of carbonyl (C=O) groups is 1. The quantitative estimate of drug-likeness (QED) is 0.795. The number of esters is 1. The van der Waals surface area contributed by atoms with E-state index >= 15 is 0 Å². The molecule has 0 bridgehead atoms. The fourth-order valence-corrected chi connectivity index (χ4v) is 1.46. The zero-order valence-electron chi connectivity index (χ0n) is 9.70. The molecule has 0 N–H and O–H groups in total. The van der Waals surface area contributed by atoms with Crippen LogP contribution >= 0.6 is 0 Å². The number of hydrogen-bond acceptors (Lipinski definition) is 2. The molecular formula is C14H9F3O2. The van der Waals surface area contributed by atoms with Gasteiger partial charge in [0.25, 0.3) is 0 Å². The van der Waals surface area contributed by atoms with Crippen molar-refractivity contribution in [3.63, 3.8) is 0 Å². The normalized spacial score (nSPS) is 10.3. The highest BCUT2D eigenvalue weighted by atomic mass is 19.1.